The van der Waals surface area contributed by atoms with Crippen LogP contribution in [-0.4, -0.2) is 35.0 Å². The van der Waals surface area contributed by atoms with Gasteiger partial charge in [-0.25, -0.2) is 4.79 Å². The number of fused-ring (bicyclic) bond motifs is 1. The molecule has 2 aromatic rings. The predicted molar refractivity (Wildman–Crippen MR) is 154 cm³/mol. The largest absolute Gasteiger partial charge is 0.444 e. The molecule has 2 aliphatic rings. The van der Waals surface area contributed by atoms with Crippen molar-refractivity contribution in [1.82, 2.24) is 10.2 Å². The number of allylic oxidation sites excluding steroid dienone is 3. The zero-order valence-corrected chi connectivity index (χ0v) is 24.0. The van der Waals surface area contributed by atoms with Crippen LogP contribution in [0, 0.1) is 5.41 Å². The van der Waals surface area contributed by atoms with Gasteiger partial charge in [-0.1, -0.05) is 61.9 Å². The van der Waals surface area contributed by atoms with Crippen molar-refractivity contribution < 1.29 is 19.1 Å². The van der Waals surface area contributed by atoms with E-state index in [1.165, 1.54) is 22.5 Å². The first kappa shape index (κ1) is 28.3. The highest BCUT2D eigenvalue weighted by molar-refractivity contribution is 6.21. The number of carbonyl (C=O) groups is 3. The average molecular weight is 529 g/mol. The maximum atomic E-state index is 13.4. The summed E-state index contributed by atoms with van der Waals surface area (Å²) in [5.41, 5.74) is 4.96. The third-order valence-corrected chi connectivity index (χ3v) is 7.50. The van der Waals surface area contributed by atoms with Crippen LogP contribution < -0.4 is 5.32 Å². The van der Waals surface area contributed by atoms with Gasteiger partial charge in [0, 0.05) is 6.54 Å². The Morgan fingerprint density at radius 3 is 2.33 bits per heavy atom. The number of rotatable bonds is 7. The number of nitrogens with zero attached hydrogens (tertiary/aromatic N) is 1. The Kier molecular flexibility index (Phi) is 8.15. The van der Waals surface area contributed by atoms with E-state index in [4.69, 9.17) is 4.74 Å². The lowest BCUT2D eigenvalue weighted by atomic mass is 9.72. The second-order valence-corrected chi connectivity index (χ2v) is 12.2. The second kappa shape index (κ2) is 11.2. The second-order valence-electron chi connectivity index (χ2n) is 12.2. The van der Waals surface area contributed by atoms with Crippen LogP contribution in [0.4, 0.5) is 4.79 Å². The smallest absolute Gasteiger partial charge is 0.407 e. The molecule has 1 heterocycles. The van der Waals surface area contributed by atoms with Crippen LogP contribution in [0.1, 0.15) is 105 Å². The lowest BCUT2D eigenvalue weighted by Gasteiger charge is -2.33. The number of hydrogen-bond acceptors (Lipinski definition) is 4. The number of nitrogens with one attached hydrogen (secondary N) is 1. The van der Waals surface area contributed by atoms with Gasteiger partial charge in [0.25, 0.3) is 11.8 Å². The summed E-state index contributed by atoms with van der Waals surface area (Å²) in [6.07, 6.45) is 7.66. The number of carbonyl (C=O) groups excluding carboxylic acids is 3. The van der Waals surface area contributed by atoms with Gasteiger partial charge in [-0.3, -0.25) is 14.5 Å². The van der Waals surface area contributed by atoms with Gasteiger partial charge in [0.1, 0.15) is 5.60 Å². The number of hydrogen-bond donors (Lipinski definition) is 1. The van der Waals surface area contributed by atoms with Crippen molar-refractivity contribution in [2.75, 3.05) is 6.54 Å². The topological polar surface area (TPSA) is 75.7 Å². The number of imide groups is 1. The summed E-state index contributed by atoms with van der Waals surface area (Å²) in [5, 5.41) is 2.78. The number of alkyl carbamates (subject to hydrolysis) is 1. The Morgan fingerprint density at radius 2 is 1.72 bits per heavy atom. The molecular formula is C33H40N2O4. The van der Waals surface area contributed by atoms with Crippen LogP contribution in [-0.2, 0) is 4.74 Å². The van der Waals surface area contributed by atoms with E-state index in [-0.39, 0.29) is 23.8 Å². The third kappa shape index (κ3) is 6.49. The van der Waals surface area contributed by atoms with Gasteiger partial charge in [0.2, 0.25) is 0 Å². The zero-order chi connectivity index (χ0) is 28.4. The molecule has 0 saturated carbocycles. The molecule has 3 amide bonds. The Hall–Kier alpha value is -3.67. The molecule has 1 unspecified atom stereocenters. The van der Waals surface area contributed by atoms with Gasteiger partial charge in [0.15, 0.2) is 0 Å². The van der Waals surface area contributed by atoms with E-state index in [2.05, 4.69) is 38.2 Å². The molecule has 6 heteroatoms. The van der Waals surface area contributed by atoms with Crippen LogP contribution in [0.3, 0.4) is 0 Å². The summed E-state index contributed by atoms with van der Waals surface area (Å²) in [4.78, 5) is 40.4. The molecule has 1 aliphatic carbocycles. The van der Waals surface area contributed by atoms with Crippen molar-refractivity contribution in [3.63, 3.8) is 0 Å². The molecule has 0 saturated heterocycles. The van der Waals surface area contributed by atoms with E-state index in [0.29, 0.717) is 17.5 Å². The lowest BCUT2D eigenvalue weighted by Crippen LogP contribution is -2.38. The first-order chi connectivity index (χ1) is 18.4. The Morgan fingerprint density at radius 1 is 1.05 bits per heavy atom. The van der Waals surface area contributed by atoms with Gasteiger partial charge >= 0.3 is 6.09 Å². The molecule has 0 aromatic heterocycles. The summed E-state index contributed by atoms with van der Waals surface area (Å²) in [6, 6.07) is 14.3. The normalized spacial score (nSPS) is 17.9. The molecule has 2 aromatic carbocycles. The average Bonchev–Trinajstić information content (AvgIpc) is 3.10. The van der Waals surface area contributed by atoms with Crippen LogP contribution in [0.25, 0.3) is 6.08 Å². The Balaban J connectivity index is 1.62. The summed E-state index contributed by atoms with van der Waals surface area (Å²) in [5.74, 6) is -0.632. The summed E-state index contributed by atoms with van der Waals surface area (Å²) in [7, 11) is 0. The minimum Gasteiger partial charge on any atom is -0.444 e. The zero-order valence-electron chi connectivity index (χ0n) is 24.0. The van der Waals surface area contributed by atoms with Gasteiger partial charge in [-0.15, -0.1) is 0 Å². The molecule has 0 spiro atoms. The van der Waals surface area contributed by atoms with E-state index < -0.39 is 17.7 Å². The molecule has 1 atom stereocenters. The van der Waals surface area contributed by atoms with Crippen LogP contribution in [0.5, 0.6) is 0 Å². The predicted octanol–water partition coefficient (Wildman–Crippen LogP) is 7.48. The van der Waals surface area contributed by atoms with Gasteiger partial charge < -0.3 is 10.1 Å². The number of amides is 3. The van der Waals surface area contributed by atoms with Gasteiger partial charge in [-0.2, -0.15) is 0 Å². The molecule has 0 bridgehead atoms. The standard InChI is InChI=1S/C33H40N2O4/c1-22-11-10-19-33(5,6)27(22)17-16-23-12-9-13-24(21-23)28(18-20-34-31(38)39-32(2,3)4)35-29(36)25-14-7-8-15-26(25)30(35)37/h7-9,12-17,21,28H,10-11,18-20H2,1-6H3,(H,34,38)/b17-16+. The van der Waals surface area contributed by atoms with E-state index >= 15 is 0 Å². The molecule has 0 radical (unpaired) electrons. The van der Waals surface area contributed by atoms with Crippen molar-refractivity contribution in [3.05, 3.63) is 88.0 Å². The maximum Gasteiger partial charge on any atom is 0.407 e. The molecular weight excluding hydrogens is 488 g/mol. The minimum absolute atomic E-state index is 0.131. The quantitative estimate of drug-likeness (QED) is 0.378. The van der Waals surface area contributed by atoms with Crippen LogP contribution in [0.15, 0.2) is 65.8 Å². The summed E-state index contributed by atoms with van der Waals surface area (Å²) >= 11 is 0. The van der Waals surface area contributed by atoms with E-state index in [9.17, 15) is 14.4 Å². The fourth-order valence-electron chi connectivity index (χ4n) is 5.62. The van der Waals surface area contributed by atoms with Gasteiger partial charge in [0.05, 0.1) is 17.2 Å². The minimum atomic E-state index is -0.618. The Bertz CT molecular complexity index is 1290. The lowest BCUT2D eigenvalue weighted by molar-refractivity contribution is 0.0517. The highest BCUT2D eigenvalue weighted by atomic mass is 16.6. The molecule has 1 aliphatic heterocycles. The third-order valence-electron chi connectivity index (χ3n) is 7.50. The first-order valence-corrected chi connectivity index (χ1v) is 13.8. The molecule has 6 nitrogen and oxygen atoms in total. The summed E-state index contributed by atoms with van der Waals surface area (Å²) < 4.78 is 5.37. The monoisotopic (exact) mass is 528 g/mol. The van der Waals surface area contributed by atoms with Crippen molar-refractivity contribution in [2.24, 2.45) is 5.41 Å². The molecule has 39 heavy (non-hydrogen) atoms. The van der Waals surface area contributed by atoms with Crippen LogP contribution >= 0.6 is 0 Å². The maximum absolute atomic E-state index is 13.4. The fraction of sp³-hybridized carbons (Fsp3) is 0.424. The van der Waals surface area contributed by atoms with Crippen molar-refractivity contribution in [3.8, 4) is 0 Å². The first-order valence-electron chi connectivity index (χ1n) is 13.8. The van der Waals surface area contributed by atoms with Crippen molar-refractivity contribution in [1.29, 1.82) is 0 Å². The highest BCUT2D eigenvalue weighted by Gasteiger charge is 2.40. The number of ether oxygens (including phenoxy) is 1. The van der Waals surface area contributed by atoms with E-state index in [1.54, 1.807) is 45.0 Å². The molecule has 1 N–H and O–H groups in total. The fourth-order valence-corrected chi connectivity index (χ4v) is 5.62. The molecule has 0 fully saturated rings. The van der Waals surface area contributed by atoms with Crippen LogP contribution in [0.2, 0.25) is 0 Å². The van der Waals surface area contributed by atoms with E-state index in [1.807, 2.05) is 24.3 Å². The van der Waals surface area contributed by atoms with Crippen molar-refractivity contribution >= 4 is 24.0 Å². The molecule has 4 rings (SSSR count). The SMILES string of the molecule is CC1=C(/C=C/c2cccc(C(CCNC(=O)OC(C)(C)C)N3C(=O)c4ccccc4C3=O)c2)C(C)(C)CCC1. The summed E-state index contributed by atoms with van der Waals surface area (Å²) in [6.45, 7) is 12.5. The van der Waals surface area contributed by atoms with Crippen molar-refractivity contribution in [2.45, 2.75) is 78.9 Å². The highest BCUT2D eigenvalue weighted by Crippen LogP contribution is 2.41. The Labute approximate surface area is 232 Å². The molecule has 206 valence electrons. The van der Waals surface area contributed by atoms with Gasteiger partial charge in [-0.05, 0) is 93.7 Å². The number of benzene rings is 2. The van der Waals surface area contributed by atoms with E-state index in [0.717, 1.165) is 24.0 Å².